The molecule has 4 nitrogen and oxygen atoms in total. The van der Waals surface area contributed by atoms with Crippen LogP contribution in [0.4, 0.5) is 0 Å². The summed E-state index contributed by atoms with van der Waals surface area (Å²) < 4.78 is 5.83. The molecule has 0 aliphatic heterocycles. The maximum atomic E-state index is 11.7. The molecule has 1 heterocycles. The number of nitrogens with zero attached hydrogens (tertiary/aromatic N) is 1. The van der Waals surface area contributed by atoms with Gasteiger partial charge < -0.3 is 9.84 Å². The molecule has 0 spiro atoms. The zero-order valence-corrected chi connectivity index (χ0v) is 17.7. The topological polar surface area (TPSA) is 59.4 Å². The zero-order chi connectivity index (χ0) is 20.9. The molecule has 0 radical (unpaired) electrons. The van der Waals surface area contributed by atoms with Gasteiger partial charge in [-0.2, -0.15) is 0 Å². The first-order chi connectivity index (χ1) is 13.1. The number of ether oxygens (including phenoxy) is 1. The highest BCUT2D eigenvalue weighted by Crippen LogP contribution is 2.29. The molecule has 0 aliphatic carbocycles. The fourth-order valence-corrected chi connectivity index (χ4v) is 2.89. The summed E-state index contributed by atoms with van der Waals surface area (Å²) in [6.07, 6.45) is 3.39. The number of carboxylic acids is 1. The van der Waals surface area contributed by atoms with Gasteiger partial charge >= 0.3 is 5.97 Å². The maximum absolute atomic E-state index is 11.7. The van der Waals surface area contributed by atoms with Gasteiger partial charge in [-0.3, -0.25) is 4.98 Å². The molecular weight excluding hydrogens is 374 g/mol. The van der Waals surface area contributed by atoms with Crippen molar-refractivity contribution in [2.45, 2.75) is 47.1 Å². The Labute approximate surface area is 171 Å². The van der Waals surface area contributed by atoms with Crippen LogP contribution in [0.15, 0.2) is 36.7 Å². The average Bonchev–Trinajstić information content (AvgIpc) is 2.58. The standard InChI is InChI=1S/C23H26ClNO3/c1-15(2)12-16-10-11-25-14-18(16)7-6-17-13-19(24)8-9-20(17)28-21(22(26)27)23(3,4)5/h8-11,13-15,21H,12H2,1-5H3,(H,26,27). The van der Waals surface area contributed by atoms with Gasteiger partial charge in [0, 0.05) is 28.4 Å². The van der Waals surface area contributed by atoms with Gasteiger partial charge in [-0.1, -0.05) is 58.1 Å². The lowest BCUT2D eigenvalue weighted by Gasteiger charge is -2.28. The molecule has 1 aromatic heterocycles. The number of carboxylic acid groups (broad SMARTS) is 1. The first-order valence-electron chi connectivity index (χ1n) is 9.22. The number of benzene rings is 1. The first-order valence-corrected chi connectivity index (χ1v) is 9.59. The molecule has 0 saturated carbocycles. The molecule has 0 fully saturated rings. The highest BCUT2D eigenvalue weighted by atomic mass is 35.5. The quantitative estimate of drug-likeness (QED) is 0.701. The van der Waals surface area contributed by atoms with Crippen LogP contribution in [0, 0.1) is 23.2 Å². The Hall–Kier alpha value is -2.51. The van der Waals surface area contributed by atoms with Crippen LogP contribution in [0.1, 0.15) is 51.3 Å². The van der Waals surface area contributed by atoms with Gasteiger partial charge in [0.2, 0.25) is 0 Å². The van der Waals surface area contributed by atoms with E-state index >= 15 is 0 Å². The van der Waals surface area contributed by atoms with Crippen LogP contribution in [0.5, 0.6) is 5.75 Å². The van der Waals surface area contributed by atoms with Crippen molar-refractivity contribution in [3.8, 4) is 17.6 Å². The number of carbonyl (C=O) groups is 1. The molecule has 0 aliphatic rings. The molecule has 2 aromatic rings. The third kappa shape index (κ3) is 6.00. The van der Waals surface area contributed by atoms with Gasteiger partial charge in [0.25, 0.3) is 0 Å². The number of hydrogen-bond acceptors (Lipinski definition) is 3. The van der Waals surface area contributed by atoms with Gasteiger partial charge in [-0.25, -0.2) is 4.79 Å². The van der Waals surface area contributed by atoms with Crippen LogP contribution >= 0.6 is 11.6 Å². The predicted octanol–water partition coefficient (Wildman–Crippen LogP) is 5.21. The largest absolute Gasteiger partial charge is 0.478 e. The van der Waals surface area contributed by atoms with E-state index in [2.05, 4.69) is 30.7 Å². The molecule has 2 rings (SSSR count). The Morgan fingerprint density at radius 2 is 1.89 bits per heavy atom. The summed E-state index contributed by atoms with van der Waals surface area (Å²) in [5, 5.41) is 10.1. The molecule has 1 unspecified atom stereocenters. The lowest BCUT2D eigenvalue weighted by Crippen LogP contribution is -2.39. The smallest absolute Gasteiger partial charge is 0.345 e. The van der Waals surface area contributed by atoms with E-state index in [1.807, 2.05) is 26.8 Å². The monoisotopic (exact) mass is 399 g/mol. The van der Waals surface area contributed by atoms with E-state index in [0.29, 0.717) is 22.3 Å². The van der Waals surface area contributed by atoms with Gasteiger partial charge in [-0.15, -0.1) is 0 Å². The first kappa shape index (κ1) is 21.8. The highest BCUT2D eigenvalue weighted by molar-refractivity contribution is 6.30. The Balaban J connectivity index is 2.43. The van der Waals surface area contributed by atoms with Crippen molar-refractivity contribution in [3.63, 3.8) is 0 Å². The van der Waals surface area contributed by atoms with E-state index in [4.69, 9.17) is 16.3 Å². The third-order valence-corrected chi connectivity index (χ3v) is 4.30. The second-order valence-corrected chi connectivity index (χ2v) is 8.66. The van der Waals surface area contributed by atoms with Crippen molar-refractivity contribution in [3.05, 3.63) is 58.4 Å². The summed E-state index contributed by atoms with van der Waals surface area (Å²) in [4.78, 5) is 15.8. The molecule has 1 aromatic carbocycles. The van der Waals surface area contributed by atoms with Crippen molar-refractivity contribution in [2.24, 2.45) is 11.3 Å². The lowest BCUT2D eigenvalue weighted by molar-refractivity contribution is -0.150. The minimum atomic E-state index is -1.02. The van der Waals surface area contributed by atoms with Gasteiger partial charge in [0.1, 0.15) is 5.75 Å². The summed E-state index contributed by atoms with van der Waals surface area (Å²) >= 11 is 6.14. The van der Waals surface area contributed by atoms with Crippen LogP contribution in [-0.2, 0) is 11.2 Å². The van der Waals surface area contributed by atoms with E-state index in [0.717, 1.165) is 17.5 Å². The summed E-state index contributed by atoms with van der Waals surface area (Å²) in [7, 11) is 0. The van der Waals surface area contributed by atoms with Crippen LogP contribution in [0.2, 0.25) is 5.02 Å². The number of rotatable bonds is 5. The Kier molecular flexibility index (Phi) is 7.10. The second kappa shape index (κ2) is 9.12. The van der Waals surface area contributed by atoms with Crippen molar-refractivity contribution in [1.82, 2.24) is 4.98 Å². The summed E-state index contributed by atoms with van der Waals surface area (Å²) in [5.41, 5.74) is 1.93. The van der Waals surface area contributed by atoms with Crippen molar-refractivity contribution in [1.29, 1.82) is 0 Å². The molecule has 0 bridgehead atoms. The van der Waals surface area contributed by atoms with Crippen LogP contribution in [0.25, 0.3) is 0 Å². The Morgan fingerprint density at radius 1 is 1.21 bits per heavy atom. The average molecular weight is 400 g/mol. The molecule has 0 saturated heterocycles. The fourth-order valence-electron chi connectivity index (χ4n) is 2.72. The predicted molar refractivity (Wildman–Crippen MR) is 112 cm³/mol. The number of halogens is 1. The van der Waals surface area contributed by atoms with E-state index in [1.165, 1.54) is 0 Å². The van der Waals surface area contributed by atoms with Crippen molar-refractivity contribution in [2.75, 3.05) is 0 Å². The number of aliphatic carboxylic acids is 1. The summed E-state index contributed by atoms with van der Waals surface area (Å²) in [6, 6.07) is 6.98. The van der Waals surface area contributed by atoms with E-state index < -0.39 is 17.5 Å². The molecular formula is C23H26ClNO3. The van der Waals surface area contributed by atoms with Gasteiger partial charge in [0.15, 0.2) is 6.10 Å². The molecule has 0 amide bonds. The molecule has 148 valence electrons. The minimum absolute atomic E-state index is 0.397. The Bertz CT molecular complexity index is 904. The SMILES string of the molecule is CC(C)Cc1ccncc1C#Cc1cc(Cl)ccc1OC(C(=O)O)C(C)(C)C. The highest BCUT2D eigenvalue weighted by Gasteiger charge is 2.33. The normalized spacial score (nSPS) is 12.2. The lowest BCUT2D eigenvalue weighted by atomic mass is 9.89. The molecule has 5 heteroatoms. The van der Waals surface area contributed by atoms with E-state index in [-0.39, 0.29) is 0 Å². The van der Waals surface area contributed by atoms with Crippen molar-refractivity contribution < 1.29 is 14.6 Å². The Morgan fingerprint density at radius 3 is 2.50 bits per heavy atom. The molecule has 28 heavy (non-hydrogen) atoms. The van der Waals surface area contributed by atoms with Crippen molar-refractivity contribution >= 4 is 17.6 Å². The second-order valence-electron chi connectivity index (χ2n) is 8.22. The van der Waals surface area contributed by atoms with Gasteiger partial charge in [0.05, 0.1) is 5.56 Å². The van der Waals surface area contributed by atoms with E-state index in [9.17, 15) is 9.90 Å². The van der Waals surface area contributed by atoms with Crippen LogP contribution < -0.4 is 4.74 Å². The third-order valence-electron chi connectivity index (χ3n) is 4.07. The molecule has 1 atom stereocenters. The van der Waals surface area contributed by atoms with E-state index in [1.54, 1.807) is 30.6 Å². The maximum Gasteiger partial charge on any atom is 0.345 e. The van der Waals surface area contributed by atoms with Crippen LogP contribution in [0.3, 0.4) is 0 Å². The number of aromatic nitrogens is 1. The van der Waals surface area contributed by atoms with Gasteiger partial charge in [-0.05, 0) is 42.2 Å². The fraction of sp³-hybridized carbons (Fsp3) is 0.391. The minimum Gasteiger partial charge on any atom is -0.478 e. The summed E-state index contributed by atoms with van der Waals surface area (Å²) in [6.45, 7) is 9.76. The zero-order valence-electron chi connectivity index (χ0n) is 16.9. The van der Waals surface area contributed by atoms with Crippen LogP contribution in [-0.4, -0.2) is 22.2 Å². The summed E-state index contributed by atoms with van der Waals surface area (Å²) in [5.74, 6) is 6.11. The molecule has 1 N–H and O–H groups in total. The number of pyridine rings is 1. The number of hydrogen-bond donors (Lipinski definition) is 1.